The number of benzene rings is 2. The monoisotopic (exact) mass is 256 g/mol. The molecule has 0 unspecified atom stereocenters. The maximum Gasteiger partial charge on any atom is 0.123 e. The minimum atomic E-state index is -0.392. The van der Waals surface area contributed by atoms with Crippen LogP contribution < -0.4 is 5.32 Å². The molecule has 3 nitrogen and oxygen atoms in total. The third-order valence-corrected chi connectivity index (χ3v) is 2.88. The van der Waals surface area contributed by atoms with Gasteiger partial charge in [-0.1, -0.05) is 6.07 Å². The van der Waals surface area contributed by atoms with Crippen molar-refractivity contribution in [3.8, 4) is 11.8 Å². The van der Waals surface area contributed by atoms with Crippen molar-refractivity contribution in [1.82, 2.24) is 0 Å². The van der Waals surface area contributed by atoms with Crippen molar-refractivity contribution in [3.05, 3.63) is 58.9 Å². The van der Waals surface area contributed by atoms with Gasteiger partial charge in [-0.15, -0.1) is 0 Å². The summed E-state index contributed by atoms with van der Waals surface area (Å²) in [6.45, 7) is 2.20. The highest BCUT2D eigenvalue weighted by atomic mass is 19.1. The summed E-state index contributed by atoms with van der Waals surface area (Å²) in [6, 6.07) is 11.2. The van der Waals surface area contributed by atoms with Gasteiger partial charge in [0.05, 0.1) is 11.6 Å². The Morgan fingerprint density at radius 1 is 1.26 bits per heavy atom. The van der Waals surface area contributed by atoms with Gasteiger partial charge in [0, 0.05) is 17.8 Å². The molecule has 0 bridgehead atoms. The number of aromatic hydroxyl groups is 1. The van der Waals surface area contributed by atoms with E-state index >= 15 is 0 Å². The van der Waals surface area contributed by atoms with Crippen LogP contribution >= 0.6 is 0 Å². The molecule has 4 heteroatoms. The predicted molar refractivity (Wildman–Crippen MR) is 71.3 cm³/mol. The zero-order valence-corrected chi connectivity index (χ0v) is 10.4. The Hall–Kier alpha value is -2.54. The Morgan fingerprint density at radius 2 is 2.05 bits per heavy atom. The number of anilines is 1. The molecule has 0 saturated carbocycles. The van der Waals surface area contributed by atoms with Crippen LogP contribution in [0.3, 0.4) is 0 Å². The van der Waals surface area contributed by atoms with E-state index in [0.717, 1.165) is 11.3 Å². The van der Waals surface area contributed by atoms with Crippen LogP contribution in [0.15, 0.2) is 36.4 Å². The summed E-state index contributed by atoms with van der Waals surface area (Å²) in [6.07, 6.45) is 0. The van der Waals surface area contributed by atoms with Crippen LogP contribution in [-0.4, -0.2) is 5.11 Å². The molecule has 0 aliphatic rings. The number of rotatable bonds is 3. The highest BCUT2D eigenvalue weighted by molar-refractivity contribution is 5.55. The first-order chi connectivity index (χ1) is 9.10. The summed E-state index contributed by atoms with van der Waals surface area (Å²) in [5.74, 6) is -0.347. The van der Waals surface area contributed by atoms with E-state index in [0.29, 0.717) is 17.7 Å². The van der Waals surface area contributed by atoms with E-state index in [-0.39, 0.29) is 5.75 Å². The lowest BCUT2D eigenvalue weighted by atomic mass is 10.1. The Bertz CT molecular complexity index is 647. The van der Waals surface area contributed by atoms with E-state index < -0.39 is 5.82 Å². The Kier molecular flexibility index (Phi) is 3.67. The molecule has 2 rings (SSSR count). The lowest BCUT2D eigenvalue weighted by molar-refractivity contribution is 0.466. The van der Waals surface area contributed by atoms with Crippen molar-refractivity contribution in [2.75, 3.05) is 5.32 Å². The van der Waals surface area contributed by atoms with Gasteiger partial charge < -0.3 is 10.4 Å². The largest absolute Gasteiger partial charge is 0.508 e. The third kappa shape index (κ3) is 3.02. The van der Waals surface area contributed by atoms with Gasteiger partial charge in [0.25, 0.3) is 0 Å². The van der Waals surface area contributed by atoms with Crippen LogP contribution in [0.5, 0.6) is 5.75 Å². The Morgan fingerprint density at radius 3 is 2.79 bits per heavy atom. The molecule has 0 aliphatic heterocycles. The normalized spacial score (nSPS) is 9.95. The van der Waals surface area contributed by atoms with Crippen LogP contribution in [0.25, 0.3) is 0 Å². The van der Waals surface area contributed by atoms with E-state index in [2.05, 4.69) is 11.4 Å². The van der Waals surface area contributed by atoms with Gasteiger partial charge in [0.15, 0.2) is 0 Å². The topological polar surface area (TPSA) is 56.0 Å². The predicted octanol–water partition coefficient (Wildman–Crippen LogP) is 3.32. The first kappa shape index (κ1) is 12.9. The molecule has 2 aromatic carbocycles. The number of hydrogen-bond donors (Lipinski definition) is 2. The van der Waals surface area contributed by atoms with Gasteiger partial charge in [0.2, 0.25) is 0 Å². The van der Waals surface area contributed by atoms with E-state index in [9.17, 15) is 9.50 Å². The quantitative estimate of drug-likeness (QED) is 0.885. The van der Waals surface area contributed by atoms with Crippen molar-refractivity contribution >= 4 is 5.69 Å². The van der Waals surface area contributed by atoms with Crippen molar-refractivity contribution in [1.29, 1.82) is 5.26 Å². The first-order valence-corrected chi connectivity index (χ1v) is 5.82. The molecule has 0 heterocycles. The average molecular weight is 256 g/mol. The number of halogens is 1. The van der Waals surface area contributed by atoms with Gasteiger partial charge in [0.1, 0.15) is 11.6 Å². The second kappa shape index (κ2) is 5.40. The molecule has 0 amide bonds. The smallest absolute Gasteiger partial charge is 0.123 e. The standard InChI is InChI=1S/C15H13FN2O/c1-10-2-3-11(8-17)6-14(10)18-9-12-7-13(16)4-5-15(12)19/h2-7,18-19H,9H2,1H3. The highest BCUT2D eigenvalue weighted by Gasteiger charge is 2.05. The summed E-state index contributed by atoms with van der Waals surface area (Å²) < 4.78 is 13.1. The fourth-order valence-corrected chi connectivity index (χ4v) is 1.77. The van der Waals surface area contributed by atoms with E-state index in [1.807, 2.05) is 13.0 Å². The molecule has 0 radical (unpaired) electrons. The molecular weight excluding hydrogens is 243 g/mol. The van der Waals surface area contributed by atoms with Crippen molar-refractivity contribution in [2.45, 2.75) is 13.5 Å². The van der Waals surface area contributed by atoms with Crippen LogP contribution in [0.2, 0.25) is 0 Å². The second-order valence-electron chi connectivity index (χ2n) is 4.27. The van der Waals surface area contributed by atoms with Crippen molar-refractivity contribution < 1.29 is 9.50 Å². The average Bonchev–Trinajstić information content (AvgIpc) is 2.41. The molecule has 96 valence electrons. The fraction of sp³-hybridized carbons (Fsp3) is 0.133. The fourth-order valence-electron chi connectivity index (χ4n) is 1.77. The Balaban J connectivity index is 2.19. The van der Waals surface area contributed by atoms with Gasteiger partial charge >= 0.3 is 0 Å². The summed E-state index contributed by atoms with van der Waals surface area (Å²) in [5, 5.41) is 21.6. The van der Waals surface area contributed by atoms with Gasteiger partial charge in [-0.3, -0.25) is 0 Å². The van der Waals surface area contributed by atoms with Gasteiger partial charge in [-0.05, 0) is 42.8 Å². The van der Waals surface area contributed by atoms with Crippen LogP contribution in [0.1, 0.15) is 16.7 Å². The summed E-state index contributed by atoms with van der Waals surface area (Å²) in [5.41, 5.74) is 2.80. The third-order valence-electron chi connectivity index (χ3n) is 2.88. The highest BCUT2D eigenvalue weighted by Crippen LogP contribution is 2.21. The van der Waals surface area contributed by atoms with E-state index in [4.69, 9.17) is 5.26 Å². The SMILES string of the molecule is Cc1ccc(C#N)cc1NCc1cc(F)ccc1O. The molecule has 0 saturated heterocycles. The summed E-state index contributed by atoms with van der Waals surface area (Å²) in [7, 11) is 0. The Labute approximate surface area is 110 Å². The molecule has 0 aliphatic carbocycles. The molecule has 0 aromatic heterocycles. The number of hydrogen-bond acceptors (Lipinski definition) is 3. The molecule has 0 fully saturated rings. The van der Waals surface area contributed by atoms with Crippen LogP contribution in [-0.2, 0) is 6.54 Å². The molecular formula is C15H13FN2O. The van der Waals surface area contributed by atoms with Crippen LogP contribution in [0, 0.1) is 24.1 Å². The van der Waals surface area contributed by atoms with Crippen molar-refractivity contribution in [3.63, 3.8) is 0 Å². The number of phenols is 1. The lowest BCUT2D eigenvalue weighted by Gasteiger charge is -2.11. The minimum Gasteiger partial charge on any atom is -0.508 e. The summed E-state index contributed by atoms with van der Waals surface area (Å²) in [4.78, 5) is 0. The van der Waals surface area contributed by atoms with Crippen molar-refractivity contribution in [2.24, 2.45) is 0 Å². The zero-order chi connectivity index (χ0) is 13.8. The molecule has 2 aromatic rings. The zero-order valence-electron chi connectivity index (χ0n) is 10.4. The first-order valence-electron chi connectivity index (χ1n) is 5.82. The lowest BCUT2D eigenvalue weighted by Crippen LogP contribution is -2.02. The summed E-state index contributed by atoms with van der Waals surface area (Å²) >= 11 is 0. The molecule has 0 atom stereocenters. The van der Waals surface area contributed by atoms with E-state index in [1.165, 1.54) is 18.2 Å². The number of aryl methyl sites for hydroxylation is 1. The molecule has 19 heavy (non-hydrogen) atoms. The number of nitrogens with zero attached hydrogens (tertiary/aromatic N) is 1. The second-order valence-corrected chi connectivity index (χ2v) is 4.27. The maximum atomic E-state index is 13.1. The number of nitrogens with one attached hydrogen (secondary N) is 1. The van der Waals surface area contributed by atoms with E-state index in [1.54, 1.807) is 12.1 Å². The number of nitriles is 1. The van der Waals surface area contributed by atoms with Crippen LogP contribution in [0.4, 0.5) is 10.1 Å². The van der Waals surface area contributed by atoms with Gasteiger partial charge in [-0.2, -0.15) is 5.26 Å². The minimum absolute atomic E-state index is 0.0444. The molecule has 2 N–H and O–H groups in total. The van der Waals surface area contributed by atoms with Gasteiger partial charge in [-0.25, -0.2) is 4.39 Å². The maximum absolute atomic E-state index is 13.1. The molecule has 0 spiro atoms. The number of phenolic OH excluding ortho intramolecular Hbond substituents is 1.